The summed E-state index contributed by atoms with van der Waals surface area (Å²) in [7, 11) is 0. The number of Topliss-reactive ketones (excluding diaryl/α,β-unsaturated/α-hetero) is 1. The molecule has 1 saturated heterocycles. The minimum atomic E-state index is -0.856. The topological polar surface area (TPSA) is 57.6 Å². The molecule has 1 N–H and O–H groups in total. The van der Waals surface area contributed by atoms with Crippen molar-refractivity contribution in [3.63, 3.8) is 0 Å². The number of halogens is 3. The lowest BCUT2D eigenvalue weighted by Crippen LogP contribution is -2.29. The molecule has 3 aromatic rings. The Bertz CT molecular complexity index is 1210. The van der Waals surface area contributed by atoms with E-state index in [2.05, 4.69) is 0 Å². The van der Waals surface area contributed by atoms with E-state index >= 15 is 0 Å². The molecule has 4 rings (SSSR count). The van der Waals surface area contributed by atoms with Crippen molar-refractivity contribution in [1.29, 1.82) is 0 Å². The Kier molecular flexibility index (Phi) is 5.80. The van der Waals surface area contributed by atoms with Crippen LogP contribution in [0.2, 0.25) is 15.1 Å². The third-order valence-corrected chi connectivity index (χ3v) is 5.73. The van der Waals surface area contributed by atoms with Crippen LogP contribution in [0, 0.1) is 6.92 Å². The molecule has 0 bridgehead atoms. The minimum absolute atomic E-state index is 0.0194. The Morgan fingerprint density at radius 3 is 2.13 bits per heavy atom. The summed E-state index contributed by atoms with van der Waals surface area (Å²) in [6.07, 6.45) is 0. The van der Waals surface area contributed by atoms with E-state index in [0.29, 0.717) is 31.9 Å². The SMILES string of the molecule is Cc1cccc(C2/C(=C(\O)c3ccc(Cl)cc3)C(=O)C(=O)N2c2cc(Cl)cc(Cl)c2)c1. The number of hydrogen-bond donors (Lipinski definition) is 1. The van der Waals surface area contributed by atoms with Gasteiger partial charge in [0.05, 0.1) is 11.6 Å². The van der Waals surface area contributed by atoms with Crippen molar-refractivity contribution in [2.75, 3.05) is 4.90 Å². The first kappa shape index (κ1) is 21.4. The highest BCUT2D eigenvalue weighted by molar-refractivity contribution is 6.52. The Morgan fingerprint density at radius 1 is 0.871 bits per heavy atom. The lowest BCUT2D eigenvalue weighted by atomic mass is 9.94. The maximum absolute atomic E-state index is 13.1. The number of amides is 1. The Labute approximate surface area is 194 Å². The molecule has 3 aromatic carbocycles. The van der Waals surface area contributed by atoms with Crippen LogP contribution in [0.15, 0.2) is 72.3 Å². The summed E-state index contributed by atoms with van der Waals surface area (Å²) in [5.41, 5.74) is 2.34. The molecular formula is C24H16Cl3NO3. The maximum atomic E-state index is 13.1. The van der Waals surface area contributed by atoms with Gasteiger partial charge in [0.1, 0.15) is 5.76 Å². The zero-order chi connectivity index (χ0) is 22.3. The molecule has 0 saturated carbocycles. The second-order valence-corrected chi connectivity index (χ2v) is 8.53. The van der Waals surface area contributed by atoms with Crippen molar-refractivity contribution in [2.45, 2.75) is 13.0 Å². The number of carbonyl (C=O) groups excluding carboxylic acids is 2. The van der Waals surface area contributed by atoms with E-state index in [0.717, 1.165) is 5.56 Å². The highest BCUT2D eigenvalue weighted by Crippen LogP contribution is 2.43. The van der Waals surface area contributed by atoms with Gasteiger partial charge >= 0.3 is 0 Å². The van der Waals surface area contributed by atoms with Crippen molar-refractivity contribution < 1.29 is 14.7 Å². The van der Waals surface area contributed by atoms with E-state index in [1.165, 1.54) is 4.90 Å². The van der Waals surface area contributed by atoms with Crippen LogP contribution in [0.1, 0.15) is 22.7 Å². The number of carbonyl (C=O) groups is 2. The molecule has 1 atom stereocenters. The molecule has 1 aliphatic rings. The third-order valence-electron chi connectivity index (χ3n) is 5.05. The molecule has 1 heterocycles. The van der Waals surface area contributed by atoms with Crippen LogP contribution in [-0.2, 0) is 9.59 Å². The Hall–Kier alpha value is -2.79. The number of benzene rings is 3. The predicted octanol–water partition coefficient (Wildman–Crippen LogP) is 6.58. The standard InChI is InChI=1S/C24H16Cl3NO3/c1-13-3-2-4-15(9-13)21-20(22(29)14-5-7-16(25)8-6-14)23(30)24(31)28(21)19-11-17(26)10-18(27)12-19/h2-12,21,29H,1H3/b22-20+. The van der Waals surface area contributed by atoms with Gasteiger partial charge in [-0.25, -0.2) is 0 Å². The molecule has 1 amide bonds. The summed E-state index contributed by atoms with van der Waals surface area (Å²) in [6.45, 7) is 1.91. The van der Waals surface area contributed by atoms with E-state index in [1.807, 2.05) is 25.1 Å². The first-order valence-corrected chi connectivity index (χ1v) is 10.5. The monoisotopic (exact) mass is 471 g/mol. The lowest BCUT2D eigenvalue weighted by Gasteiger charge is -2.26. The van der Waals surface area contributed by atoms with Gasteiger partial charge in [-0.05, 0) is 55.0 Å². The average Bonchev–Trinajstić information content (AvgIpc) is 2.98. The van der Waals surface area contributed by atoms with E-state index in [4.69, 9.17) is 34.8 Å². The molecule has 31 heavy (non-hydrogen) atoms. The van der Waals surface area contributed by atoms with Crippen LogP contribution < -0.4 is 4.90 Å². The number of hydrogen-bond acceptors (Lipinski definition) is 3. The van der Waals surface area contributed by atoms with E-state index in [9.17, 15) is 14.7 Å². The van der Waals surface area contributed by atoms with Crippen molar-refractivity contribution >= 4 is 57.9 Å². The summed E-state index contributed by atoms with van der Waals surface area (Å²) < 4.78 is 0. The summed E-state index contributed by atoms with van der Waals surface area (Å²) in [4.78, 5) is 27.5. The second-order valence-electron chi connectivity index (χ2n) is 7.22. The van der Waals surface area contributed by atoms with E-state index in [1.54, 1.807) is 48.5 Å². The molecule has 1 unspecified atom stereocenters. The van der Waals surface area contributed by atoms with Crippen molar-refractivity contribution in [3.8, 4) is 0 Å². The van der Waals surface area contributed by atoms with Gasteiger partial charge in [0, 0.05) is 26.3 Å². The maximum Gasteiger partial charge on any atom is 0.300 e. The number of nitrogens with zero attached hydrogens (tertiary/aromatic N) is 1. The van der Waals surface area contributed by atoms with Crippen LogP contribution in [0.5, 0.6) is 0 Å². The quantitative estimate of drug-likeness (QED) is 0.266. The average molecular weight is 473 g/mol. The summed E-state index contributed by atoms with van der Waals surface area (Å²) in [6, 6.07) is 17.6. The number of aryl methyl sites for hydroxylation is 1. The molecule has 7 heteroatoms. The zero-order valence-corrected chi connectivity index (χ0v) is 18.5. The summed E-state index contributed by atoms with van der Waals surface area (Å²) in [5.74, 6) is -1.85. The predicted molar refractivity (Wildman–Crippen MR) is 124 cm³/mol. The largest absolute Gasteiger partial charge is 0.507 e. The van der Waals surface area contributed by atoms with Gasteiger partial charge in [-0.2, -0.15) is 0 Å². The van der Waals surface area contributed by atoms with Crippen LogP contribution >= 0.6 is 34.8 Å². The van der Waals surface area contributed by atoms with Gasteiger partial charge < -0.3 is 5.11 Å². The van der Waals surface area contributed by atoms with Crippen LogP contribution in [0.25, 0.3) is 5.76 Å². The molecule has 156 valence electrons. The van der Waals surface area contributed by atoms with Crippen LogP contribution in [0.3, 0.4) is 0 Å². The van der Waals surface area contributed by atoms with Gasteiger partial charge in [0.25, 0.3) is 11.7 Å². The number of aliphatic hydroxyl groups excluding tert-OH is 1. The lowest BCUT2D eigenvalue weighted by molar-refractivity contribution is -0.132. The van der Waals surface area contributed by atoms with Gasteiger partial charge in [-0.15, -0.1) is 0 Å². The van der Waals surface area contributed by atoms with Gasteiger partial charge in [0.2, 0.25) is 0 Å². The van der Waals surface area contributed by atoms with Gasteiger partial charge in [-0.3, -0.25) is 14.5 Å². The van der Waals surface area contributed by atoms with Crippen LogP contribution in [-0.4, -0.2) is 16.8 Å². The number of rotatable bonds is 3. The molecule has 1 fully saturated rings. The molecule has 0 aromatic heterocycles. The highest BCUT2D eigenvalue weighted by Gasteiger charge is 2.47. The first-order valence-electron chi connectivity index (χ1n) is 9.36. The van der Waals surface area contributed by atoms with Crippen molar-refractivity contribution in [1.82, 2.24) is 0 Å². The zero-order valence-electron chi connectivity index (χ0n) is 16.3. The molecule has 1 aliphatic heterocycles. The molecule has 0 aliphatic carbocycles. The minimum Gasteiger partial charge on any atom is -0.507 e. The van der Waals surface area contributed by atoms with Crippen molar-refractivity contribution in [3.05, 3.63) is 104 Å². The van der Waals surface area contributed by atoms with Crippen molar-refractivity contribution in [2.24, 2.45) is 0 Å². The Morgan fingerprint density at radius 2 is 1.52 bits per heavy atom. The summed E-state index contributed by atoms with van der Waals surface area (Å²) >= 11 is 18.3. The highest BCUT2D eigenvalue weighted by atomic mass is 35.5. The third kappa shape index (κ3) is 4.07. The Balaban J connectivity index is 1.97. The van der Waals surface area contributed by atoms with Gasteiger partial charge in [0.15, 0.2) is 0 Å². The fraction of sp³-hybridized carbons (Fsp3) is 0.0833. The second kappa shape index (κ2) is 8.39. The molecule has 4 nitrogen and oxygen atoms in total. The first-order chi connectivity index (χ1) is 14.8. The normalized spacial score (nSPS) is 17.9. The van der Waals surface area contributed by atoms with E-state index in [-0.39, 0.29) is 11.3 Å². The smallest absolute Gasteiger partial charge is 0.300 e. The summed E-state index contributed by atoms with van der Waals surface area (Å²) in [5, 5.41) is 12.2. The number of anilines is 1. The fourth-order valence-corrected chi connectivity index (χ4v) is 4.34. The van der Waals surface area contributed by atoms with Gasteiger partial charge in [-0.1, -0.05) is 64.6 Å². The number of ketones is 1. The molecule has 0 spiro atoms. The number of aliphatic hydroxyl groups is 1. The molecular weight excluding hydrogens is 457 g/mol. The molecule has 0 radical (unpaired) electrons. The fourth-order valence-electron chi connectivity index (χ4n) is 3.70. The van der Waals surface area contributed by atoms with E-state index < -0.39 is 17.7 Å². The van der Waals surface area contributed by atoms with Crippen LogP contribution in [0.4, 0.5) is 5.69 Å².